The zero-order valence-corrected chi connectivity index (χ0v) is 22.3. The molecule has 0 aromatic carbocycles. The maximum absolute atomic E-state index is 12.2. The van der Waals surface area contributed by atoms with Crippen LogP contribution in [0.4, 0.5) is 0 Å². The van der Waals surface area contributed by atoms with Gasteiger partial charge < -0.3 is 25.1 Å². The number of H-pyrrole nitrogens is 1. The first-order valence-electron chi connectivity index (χ1n) is 12.8. The first-order valence-corrected chi connectivity index (χ1v) is 12.8. The van der Waals surface area contributed by atoms with Gasteiger partial charge in [0.25, 0.3) is 5.91 Å². The Morgan fingerprint density at radius 2 is 2.03 bits per heavy atom. The van der Waals surface area contributed by atoms with E-state index in [1.807, 2.05) is 30.9 Å². The summed E-state index contributed by atoms with van der Waals surface area (Å²) in [4.78, 5) is 34.2. The van der Waals surface area contributed by atoms with E-state index in [1.165, 1.54) is 6.20 Å². The number of aldehydes is 1. The van der Waals surface area contributed by atoms with Crippen molar-refractivity contribution in [1.29, 1.82) is 5.41 Å². The molecule has 36 heavy (non-hydrogen) atoms. The number of likely N-dealkylation sites (N-methyl/N-ethyl adjacent to an activating group) is 1. The van der Waals surface area contributed by atoms with Gasteiger partial charge >= 0.3 is 0 Å². The van der Waals surface area contributed by atoms with E-state index < -0.39 is 5.60 Å². The van der Waals surface area contributed by atoms with Crippen LogP contribution in [-0.2, 0) is 9.53 Å². The van der Waals surface area contributed by atoms with Crippen LogP contribution in [0.2, 0.25) is 0 Å². The van der Waals surface area contributed by atoms with Gasteiger partial charge in [-0.2, -0.15) is 0 Å². The first kappa shape index (κ1) is 28.0. The number of carbonyl (C=O) groups is 2. The van der Waals surface area contributed by atoms with Gasteiger partial charge in [-0.3, -0.25) is 14.5 Å². The number of allylic oxidation sites excluding steroid dienone is 2. The lowest BCUT2D eigenvalue weighted by molar-refractivity contribution is -0.164. The number of aromatic nitrogens is 2. The molecule has 0 spiro atoms. The van der Waals surface area contributed by atoms with Crippen LogP contribution < -0.4 is 0 Å². The number of carbonyl (C=O) groups excluding carboxylic acids is 2. The summed E-state index contributed by atoms with van der Waals surface area (Å²) in [6.07, 6.45) is 9.03. The van der Waals surface area contributed by atoms with Gasteiger partial charge in [-0.25, -0.2) is 4.98 Å². The summed E-state index contributed by atoms with van der Waals surface area (Å²) in [5.41, 5.74) is 1.83. The van der Waals surface area contributed by atoms with E-state index >= 15 is 0 Å². The van der Waals surface area contributed by atoms with Crippen LogP contribution in [0, 0.1) is 11.3 Å². The highest BCUT2D eigenvalue weighted by atomic mass is 16.5. The Labute approximate surface area is 214 Å². The van der Waals surface area contributed by atoms with Crippen LogP contribution in [0.15, 0.2) is 23.9 Å². The third kappa shape index (κ3) is 6.57. The maximum atomic E-state index is 12.2. The number of aliphatic hydroxyl groups is 1. The number of nitrogens with one attached hydrogen (secondary N) is 2. The van der Waals surface area contributed by atoms with Gasteiger partial charge in [0.15, 0.2) is 6.29 Å². The van der Waals surface area contributed by atoms with Gasteiger partial charge in [-0.05, 0) is 69.7 Å². The van der Waals surface area contributed by atoms with E-state index in [9.17, 15) is 14.7 Å². The van der Waals surface area contributed by atoms with Crippen LogP contribution in [0.3, 0.4) is 0 Å². The minimum absolute atomic E-state index is 0.00795. The van der Waals surface area contributed by atoms with Crippen molar-refractivity contribution < 1.29 is 19.4 Å². The predicted octanol–water partition coefficient (Wildman–Crippen LogP) is 3.08. The third-order valence-corrected chi connectivity index (χ3v) is 7.41. The Bertz CT molecular complexity index is 1020. The van der Waals surface area contributed by atoms with Crippen LogP contribution in [0.25, 0.3) is 5.57 Å². The van der Waals surface area contributed by atoms with Crippen molar-refractivity contribution in [3.8, 4) is 0 Å². The molecule has 9 heteroatoms. The maximum Gasteiger partial charge on any atom is 0.254 e. The van der Waals surface area contributed by atoms with E-state index in [1.54, 1.807) is 0 Å². The number of amides is 1. The van der Waals surface area contributed by atoms with E-state index in [2.05, 4.69) is 35.8 Å². The summed E-state index contributed by atoms with van der Waals surface area (Å²) >= 11 is 0. The molecule has 1 aromatic heterocycles. The summed E-state index contributed by atoms with van der Waals surface area (Å²) in [7, 11) is 2.08. The smallest absolute Gasteiger partial charge is 0.254 e. The predicted molar refractivity (Wildman–Crippen MR) is 140 cm³/mol. The van der Waals surface area contributed by atoms with Gasteiger partial charge in [0, 0.05) is 25.2 Å². The standard InChI is InChI=1S/C15H19N3O2.C12H22N2O2/c1-10(2)13(15-17-8-12(9-19)18-15)7-14(16)11-3-5-20-6-4-11;1-11(2)9-14(8-7-13(11)3)10(15)12(16)5-4-6-12/h3,7-10,16H,4-6H2,1-2H3,(H,17,18);16H,4-9H2,1-3H3/b13-7-,16-14?;. The molecule has 0 radical (unpaired) electrons. The van der Waals surface area contributed by atoms with Crippen molar-refractivity contribution in [3.63, 3.8) is 0 Å². The molecule has 2 fully saturated rings. The van der Waals surface area contributed by atoms with Gasteiger partial charge in [-0.1, -0.05) is 19.9 Å². The quantitative estimate of drug-likeness (QED) is 0.408. The molecule has 1 aliphatic carbocycles. The first-order chi connectivity index (χ1) is 17.0. The lowest BCUT2D eigenvalue weighted by atomic mass is 9.78. The van der Waals surface area contributed by atoms with Crippen LogP contribution >= 0.6 is 0 Å². The highest BCUT2D eigenvalue weighted by molar-refractivity contribution is 6.10. The Balaban J connectivity index is 0.000000205. The summed E-state index contributed by atoms with van der Waals surface area (Å²) in [5.74, 6) is 0.806. The summed E-state index contributed by atoms with van der Waals surface area (Å²) < 4.78 is 5.25. The molecule has 1 saturated carbocycles. The summed E-state index contributed by atoms with van der Waals surface area (Å²) in [5, 5.41) is 18.3. The summed E-state index contributed by atoms with van der Waals surface area (Å²) in [6.45, 7) is 11.9. The number of piperazine rings is 1. The molecule has 3 aliphatic rings. The van der Waals surface area contributed by atoms with Crippen molar-refractivity contribution in [2.45, 2.75) is 64.5 Å². The number of rotatable bonds is 6. The molecular weight excluding hydrogens is 458 g/mol. The lowest BCUT2D eigenvalue weighted by Gasteiger charge is -2.48. The van der Waals surface area contributed by atoms with E-state index in [0.29, 0.717) is 49.8 Å². The molecule has 4 rings (SSSR count). The van der Waals surface area contributed by atoms with E-state index in [0.717, 1.165) is 43.4 Å². The number of nitrogens with zero attached hydrogens (tertiary/aromatic N) is 3. The fourth-order valence-electron chi connectivity index (χ4n) is 4.50. The SMILES string of the molecule is CC(C)/C(=C/C(=N)C1=CCOCC1)c1ncc(C=O)[nH]1.CN1CCN(C(=O)C2(O)CCC2)CC1(C)C. The number of hydrogen-bond donors (Lipinski definition) is 3. The molecule has 0 bridgehead atoms. The van der Waals surface area contributed by atoms with Gasteiger partial charge in [0.1, 0.15) is 11.4 Å². The van der Waals surface area contributed by atoms with Crippen molar-refractivity contribution in [2.24, 2.45) is 5.92 Å². The number of imidazole rings is 1. The van der Waals surface area contributed by atoms with Gasteiger partial charge in [0.2, 0.25) is 0 Å². The molecule has 3 N–H and O–H groups in total. The average Bonchev–Trinajstić information content (AvgIpc) is 3.31. The highest BCUT2D eigenvalue weighted by Gasteiger charge is 2.46. The van der Waals surface area contributed by atoms with Crippen molar-refractivity contribution in [2.75, 3.05) is 39.9 Å². The Hall–Kier alpha value is -2.62. The summed E-state index contributed by atoms with van der Waals surface area (Å²) in [6, 6.07) is 0. The average molecular weight is 500 g/mol. The molecular formula is C27H41N5O4. The largest absolute Gasteiger partial charge is 0.380 e. The van der Waals surface area contributed by atoms with Crippen molar-refractivity contribution >= 4 is 23.5 Å². The second kappa shape index (κ2) is 11.6. The molecule has 0 unspecified atom stereocenters. The normalized spacial score (nSPS) is 21.7. The molecule has 0 atom stereocenters. The Morgan fingerprint density at radius 1 is 1.31 bits per heavy atom. The minimum atomic E-state index is -1.04. The molecule has 1 aromatic rings. The zero-order valence-electron chi connectivity index (χ0n) is 22.3. The van der Waals surface area contributed by atoms with E-state index in [4.69, 9.17) is 10.1 Å². The number of hydrogen-bond acceptors (Lipinski definition) is 7. The number of ether oxygens (including phenoxy) is 1. The molecule has 1 amide bonds. The van der Waals surface area contributed by atoms with E-state index in [-0.39, 0.29) is 17.4 Å². The second-order valence-electron chi connectivity index (χ2n) is 10.9. The minimum Gasteiger partial charge on any atom is -0.380 e. The fraction of sp³-hybridized carbons (Fsp3) is 0.630. The van der Waals surface area contributed by atoms with Crippen molar-refractivity contribution in [1.82, 2.24) is 19.8 Å². The second-order valence-corrected chi connectivity index (χ2v) is 10.9. The fourth-order valence-corrected chi connectivity index (χ4v) is 4.50. The molecule has 2 aliphatic heterocycles. The lowest BCUT2D eigenvalue weighted by Crippen LogP contribution is -2.63. The topological polar surface area (TPSA) is 123 Å². The highest BCUT2D eigenvalue weighted by Crippen LogP contribution is 2.34. The Morgan fingerprint density at radius 3 is 2.53 bits per heavy atom. The molecule has 9 nitrogen and oxygen atoms in total. The van der Waals surface area contributed by atoms with Crippen LogP contribution in [0.1, 0.15) is 69.7 Å². The number of aromatic amines is 1. The Kier molecular flexibility index (Phi) is 9.03. The molecule has 3 heterocycles. The van der Waals surface area contributed by atoms with Gasteiger partial charge in [-0.15, -0.1) is 0 Å². The molecule has 1 saturated heterocycles. The molecule has 198 valence electrons. The van der Waals surface area contributed by atoms with Gasteiger partial charge in [0.05, 0.1) is 30.8 Å². The van der Waals surface area contributed by atoms with Crippen LogP contribution in [0.5, 0.6) is 0 Å². The third-order valence-electron chi connectivity index (χ3n) is 7.41. The zero-order chi connectivity index (χ0) is 26.5. The monoisotopic (exact) mass is 499 g/mol. The van der Waals surface area contributed by atoms with Crippen LogP contribution in [-0.4, -0.2) is 93.8 Å². The van der Waals surface area contributed by atoms with Crippen molar-refractivity contribution in [3.05, 3.63) is 35.4 Å².